The van der Waals surface area contributed by atoms with Crippen molar-refractivity contribution in [2.24, 2.45) is 0 Å². The number of aryl methyl sites for hydroxylation is 2. The van der Waals surface area contributed by atoms with Gasteiger partial charge in [-0.05, 0) is 12.1 Å². The van der Waals surface area contributed by atoms with Crippen molar-refractivity contribution in [1.29, 1.82) is 0 Å². The van der Waals surface area contributed by atoms with Crippen LogP contribution in [0, 0.1) is 0 Å². The lowest BCUT2D eigenvalue weighted by Gasteiger charge is -1.94. The summed E-state index contributed by atoms with van der Waals surface area (Å²) in [6, 6.07) is 17.3. The molecule has 0 aliphatic carbocycles. The lowest BCUT2D eigenvalue weighted by atomic mass is 10.2. The first-order valence-electron chi connectivity index (χ1n) is 7.65. The molecule has 2 nitrogen and oxygen atoms in total. The molecule has 4 rings (SSSR count). The fourth-order valence-electron chi connectivity index (χ4n) is 2.84. The average Bonchev–Trinajstić information content (AvgIpc) is 3.16. The Bertz CT molecular complexity index is 831. The van der Waals surface area contributed by atoms with Gasteiger partial charge in [0, 0.05) is 25.0 Å². The number of nitrogens with zero attached hydrogens (tertiary/aromatic N) is 2. The van der Waals surface area contributed by atoms with Crippen molar-refractivity contribution in [3.05, 3.63) is 59.3 Å². The summed E-state index contributed by atoms with van der Waals surface area (Å²) in [5, 5.41) is 7.20. The second-order valence-electron chi connectivity index (χ2n) is 5.48. The summed E-state index contributed by atoms with van der Waals surface area (Å²) in [6.45, 7) is 2.23. The fraction of sp³-hybridized carbons (Fsp3) is 0.222. The first-order valence-corrected chi connectivity index (χ1v) is 9.32. The molecule has 4 heteroatoms. The van der Waals surface area contributed by atoms with Gasteiger partial charge in [0.05, 0.1) is 21.5 Å². The Balaban J connectivity index is 1.39. The summed E-state index contributed by atoms with van der Waals surface area (Å²) in [6.07, 6.45) is 2.43. The van der Waals surface area contributed by atoms with E-state index in [0.29, 0.717) is 0 Å². The summed E-state index contributed by atoms with van der Waals surface area (Å²) in [4.78, 5) is 0. The zero-order chi connectivity index (χ0) is 14.8. The number of aromatic nitrogens is 2. The van der Waals surface area contributed by atoms with Gasteiger partial charge in [-0.25, -0.2) is 0 Å². The molecule has 22 heavy (non-hydrogen) atoms. The second-order valence-corrected chi connectivity index (χ2v) is 7.25. The van der Waals surface area contributed by atoms with E-state index >= 15 is 0 Å². The number of hydrogen-bond donors (Lipinski definition) is 0. The number of unbranched alkanes of at least 4 members (excludes halogenated alkanes) is 1. The molecule has 2 aromatic carbocycles. The van der Waals surface area contributed by atoms with E-state index in [-0.39, 0.29) is 0 Å². The third-order valence-electron chi connectivity index (χ3n) is 4.00. The lowest BCUT2D eigenvalue weighted by molar-refractivity contribution is -0.616. The molecule has 0 amide bonds. The highest BCUT2D eigenvalue weighted by molar-refractivity contribution is 7.00. The minimum Gasteiger partial charge on any atom is -0.134 e. The quantitative estimate of drug-likeness (QED) is 0.384. The van der Waals surface area contributed by atoms with Crippen LogP contribution in [0.25, 0.3) is 21.8 Å². The number of para-hydroxylation sites is 2. The molecule has 0 atom stereocenters. The molecular formula is C18H18N2S2+2. The SMILES string of the molecule is c1ccc2c(c1)cs[n+]2CCCC[n+]1scc2ccccc21. The number of fused-ring (bicyclic) bond motifs is 2. The van der Waals surface area contributed by atoms with E-state index in [0.717, 1.165) is 13.1 Å². The van der Waals surface area contributed by atoms with Crippen molar-refractivity contribution in [1.82, 2.24) is 0 Å². The molecule has 0 saturated carbocycles. The Hall–Kier alpha value is -1.78. The zero-order valence-electron chi connectivity index (χ0n) is 12.3. The van der Waals surface area contributed by atoms with Crippen LogP contribution >= 0.6 is 23.1 Å². The standard InChI is InChI=1S/C18H18N2S2/c1-3-9-17-15(7-1)13-21-19(17)11-5-6-12-20-18-10-4-2-8-16(18)14-22-20/h1-4,7-10,13-14H,5-6,11-12H2/q+2. The molecule has 2 aromatic heterocycles. The highest BCUT2D eigenvalue weighted by Gasteiger charge is 2.14. The van der Waals surface area contributed by atoms with Gasteiger partial charge in [0.2, 0.25) is 11.0 Å². The van der Waals surface area contributed by atoms with Crippen molar-refractivity contribution >= 4 is 44.9 Å². The van der Waals surface area contributed by atoms with Gasteiger partial charge in [-0.15, -0.1) is 7.91 Å². The number of benzene rings is 2. The van der Waals surface area contributed by atoms with Crippen LogP contribution in [0.5, 0.6) is 0 Å². The van der Waals surface area contributed by atoms with Crippen LogP contribution in [-0.4, -0.2) is 0 Å². The van der Waals surface area contributed by atoms with Crippen molar-refractivity contribution in [3.63, 3.8) is 0 Å². The molecule has 4 aromatic rings. The van der Waals surface area contributed by atoms with Gasteiger partial charge in [-0.1, -0.05) is 24.3 Å². The molecule has 0 bridgehead atoms. The van der Waals surface area contributed by atoms with Gasteiger partial charge < -0.3 is 0 Å². The zero-order valence-corrected chi connectivity index (χ0v) is 13.9. The topological polar surface area (TPSA) is 7.76 Å². The smallest absolute Gasteiger partial charge is 0.134 e. The third-order valence-corrected chi connectivity index (χ3v) is 5.98. The number of hydrogen-bond acceptors (Lipinski definition) is 2. The molecule has 0 aliphatic heterocycles. The van der Waals surface area contributed by atoms with E-state index in [4.69, 9.17) is 0 Å². The summed E-state index contributed by atoms with van der Waals surface area (Å²) in [7, 11) is 0. The first kappa shape index (κ1) is 13.9. The lowest BCUT2D eigenvalue weighted by Crippen LogP contribution is -2.32. The fourth-order valence-corrected chi connectivity index (χ4v) is 4.75. The van der Waals surface area contributed by atoms with Crippen molar-refractivity contribution in [2.75, 3.05) is 0 Å². The molecule has 0 N–H and O–H groups in total. The second kappa shape index (κ2) is 6.15. The van der Waals surface area contributed by atoms with E-state index in [1.54, 1.807) is 0 Å². The van der Waals surface area contributed by atoms with Gasteiger partial charge in [-0.2, -0.15) is 0 Å². The molecular weight excluding hydrogens is 308 g/mol. The van der Waals surface area contributed by atoms with E-state index in [9.17, 15) is 0 Å². The predicted molar refractivity (Wildman–Crippen MR) is 93.3 cm³/mol. The van der Waals surface area contributed by atoms with Gasteiger partial charge in [0.1, 0.15) is 23.1 Å². The summed E-state index contributed by atoms with van der Waals surface area (Å²) in [5.41, 5.74) is 2.73. The van der Waals surface area contributed by atoms with Gasteiger partial charge in [-0.3, -0.25) is 0 Å². The molecule has 0 fully saturated rings. The maximum atomic E-state index is 2.41. The Morgan fingerprint density at radius 3 is 1.59 bits per heavy atom. The normalized spacial score (nSPS) is 11.5. The third kappa shape index (κ3) is 2.64. The van der Waals surface area contributed by atoms with Gasteiger partial charge in [0.25, 0.3) is 0 Å². The van der Waals surface area contributed by atoms with Crippen molar-refractivity contribution in [2.45, 2.75) is 25.9 Å². The minimum absolute atomic E-state index is 1.11. The highest BCUT2D eigenvalue weighted by Crippen LogP contribution is 2.14. The average molecular weight is 326 g/mol. The summed E-state index contributed by atoms with van der Waals surface area (Å²) >= 11 is 3.65. The molecule has 110 valence electrons. The van der Waals surface area contributed by atoms with Crippen molar-refractivity contribution in [3.8, 4) is 0 Å². The van der Waals surface area contributed by atoms with Crippen LogP contribution in [0.3, 0.4) is 0 Å². The maximum Gasteiger partial charge on any atom is 0.227 e. The Morgan fingerprint density at radius 1 is 0.636 bits per heavy atom. The van der Waals surface area contributed by atoms with E-state index < -0.39 is 0 Å². The van der Waals surface area contributed by atoms with Crippen LogP contribution in [-0.2, 0) is 13.1 Å². The van der Waals surface area contributed by atoms with Crippen LogP contribution in [0.15, 0.2) is 59.3 Å². The Labute approximate surface area is 138 Å². The molecule has 0 saturated heterocycles. The van der Waals surface area contributed by atoms with Crippen molar-refractivity contribution < 1.29 is 7.91 Å². The highest BCUT2D eigenvalue weighted by atomic mass is 32.1. The van der Waals surface area contributed by atoms with Crippen LogP contribution in [0.1, 0.15) is 12.8 Å². The summed E-state index contributed by atoms with van der Waals surface area (Å²) < 4.78 is 4.82. The molecule has 0 spiro atoms. The Kier molecular flexibility index (Phi) is 3.87. The van der Waals surface area contributed by atoms with Gasteiger partial charge >= 0.3 is 0 Å². The van der Waals surface area contributed by atoms with Crippen LogP contribution < -0.4 is 7.91 Å². The van der Waals surface area contributed by atoms with E-state index in [1.807, 2.05) is 23.1 Å². The summed E-state index contributed by atoms with van der Waals surface area (Å²) in [5.74, 6) is 0. The van der Waals surface area contributed by atoms with Crippen LogP contribution in [0.2, 0.25) is 0 Å². The number of rotatable bonds is 5. The molecule has 0 aliphatic rings. The molecule has 0 unspecified atom stereocenters. The monoisotopic (exact) mass is 326 g/mol. The molecule has 0 radical (unpaired) electrons. The van der Waals surface area contributed by atoms with Crippen LogP contribution in [0.4, 0.5) is 0 Å². The Morgan fingerprint density at radius 2 is 1.09 bits per heavy atom. The minimum atomic E-state index is 1.11. The van der Waals surface area contributed by atoms with E-state index in [2.05, 4.69) is 67.2 Å². The maximum absolute atomic E-state index is 2.41. The largest absolute Gasteiger partial charge is 0.227 e. The predicted octanol–water partition coefficient (Wildman–Crippen LogP) is 4.17. The van der Waals surface area contributed by atoms with E-state index in [1.165, 1.54) is 34.6 Å². The molecule has 2 heterocycles. The van der Waals surface area contributed by atoms with Gasteiger partial charge in [0.15, 0.2) is 13.1 Å². The first-order chi connectivity index (χ1) is 10.9.